The van der Waals surface area contributed by atoms with Crippen LogP contribution in [0, 0.1) is 6.92 Å². The maximum atomic E-state index is 11.2. The maximum Gasteiger partial charge on any atom is 0.278 e. The zero-order valence-corrected chi connectivity index (χ0v) is 8.69. The van der Waals surface area contributed by atoms with Gasteiger partial charge in [-0.2, -0.15) is 0 Å². The summed E-state index contributed by atoms with van der Waals surface area (Å²) < 4.78 is 24.1. The van der Waals surface area contributed by atoms with Crippen LogP contribution in [-0.2, 0) is 22.0 Å². The third-order valence-corrected chi connectivity index (χ3v) is 3.59. The van der Waals surface area contributed by atoms with Crippen LogP contribution in [0.15, 0.2) is 5.03 Å². The molecule has 0 fully saturated rings. The lowest BCUT2D eigenvalue weighted by atomic mass is 10.4. The predicted octanol–water partition coefficient (Wildman–Crippen LogP) is 1.07. The number of nitrogens with zero attached hydrogens (tertiary/aromatic N) is 2. The van der Waals surface area contributed by atoms with Crippen molar-refractivity contribution in [3.05, 3.63) is 11.5 Å². The summed E-state index contributed by atoms with van der Waals surface area (Å²) in [7, 11) is 1.66. The number of halogens is 1. The van der Waals surface area contributed by atoms with Gasteiger partial charge in [0.25, 0.3) is 9.05 Å². The third kappa shape index (κ3) is 1.36. The lowest BCUT2D eigenvalue weighted by molar-refractivity contribution is 0.590. The molecule has 0 atom stereocenters. The Labute approximate surface area is 81.0 Å². The Morgan fingerprint density at radius 3 is 2.85 bits per heavy atom. The standard InChI is InChI=1S/C7H9ClN2O2S/c1-5-7(13(8,11)12)10-4-2-3-6(10)9-5/h2-4H2,1H3. The largest absolute Gasteiger partial charge is 0.318 e. The van der Waals surface area contributed by atoms with Gasteiger partial charge in [0.2, 0.25) is 0 Å². The van der Waals surface area contributed by atoms with Gasteiger partial charge in [-0.05, 0) is 13.3 Å². The molecule has 0 amide bonds. The minimum Gasteiger partial charge on any atom is -0.318 e. The van der Waals surface area contributed by atoms with Gasteiger partial charge in [0.15, 0.2) is 5.03 Å². The molecule has 0 aliphatic carbocycles. The number of hydrogen-bond donors (Lipinski definition) is 0. The van der Waals surface area contributed by atoms with Crippen molar-refractivity contribution >= 4 is 19.7 Å². The second kappa shape index (κ2) is 2.72. The number of fused-ring (bicyclic) bond motifs is 1. The van der Waals surface area contributed by atoms with Gasteiger partial charge in [-0.15, -0.1) is 0 Å². The van der Waals surface area contributed by atoms with Crippen molar-refractivity contribution in [2.24, 2.45) is 0 Å². The minimum atomic E-state index is -3.64. The van der Waals surface area contributed by atoms with Gasteiger partial charge in [-0.25, -0.2) is 13.4 Å². The highest BCUT2D eigenvalue weighted by Gasteiger charge is 2.26. The first kappa shape index (κ1) is 9.02. The smallest absolute Gasteiger partial charge is 0.278 e. The Morgan fingerprint density at radius 1 is 1.54 bits per heavy atom. The number of imidazole rings is 1. The molecule has 0 aromatic carbocycles. The molecule has 0 saturated carbocycles. The minimum absolute atomic E-state index is 0.168. The zero-order chi connectivity index (χ0) is 9.64. The first-order chi connectivity index (χ1) is 6.00. The molecule has 6 heteroatoms. The topological polar surface area (TPSA) is 52.0 Å². The monoisotopic (exact) mass is 220 g/mol. The number of rotatable bonds is 1. The van der Waals surface area contributed by atoms with E-state index in [1.807, 2.05) is 0 Å². The average molecular weight is 221 g/mol. The van der Waals surface area contributed by atoms with Gasteiger partial charge in [0.1, 0.15) is 5.82 Å². The van der Waals surface area contributed by atoms with E-state index in [-0.39, 0.29) is 5.03 Å². The van der Waals surface area contributed by atoms with Gasteiger partial charge < -0.3 is 4.57 Å². The molecule has 2 rings (SSSR count). The SMILES string of the molecule is Cc1nc2n(c1S(=O)(=O)Cl)CCC2. The van der Waals surface area contributed by atoms with Gasteiger partial charge in [-0.3, -0.25) is 0 Å². The van der Waals surface area contributed by atoms with Crippen LogP contribution in [0.2, 0.25) is 0 Å². The van der Waals surface area contributed by atoms with E-state index in [1.165, 1.54) is 0 Å². The molecule has 1 aliphatic heterocycles. The summed E-state index contributed by atoms with van der Waals surface area (Å²) in [4.78, 5) is 4.16. The van der Waals surface area contributed by atoms with Gasteiger partial charge in [-0.1, -0.05) is 0 Å². The molecule has 4 nitrogen and oxygen atoms in total. The Kier molecular flexibility index (Phi) is 1.89. The van der Waals surface area contributed by atoms with Crippen LogP contribution >= 0.6 is 10.7 Å². The van der Waals surface area contributed by atoms with Gasteiger partial charge in [0, 0.05) is 23.6 Å². The van der Waals surface area contributed by atoms with Crippen molar-refractivity contribution in [2.75, 3.05) is 0 Å². The molecule has 1 aromatic rings. The van der Waals surface area contributed by atoms with Crippen molar-refractivity contribution in [1.29, 1.82) is 0 Å². The van der Waals surface area contributed by atoms with E-state index in [1.54, 1.807) is 11.5 Å². The number of aryl methyl sites for hydroxylation is 2. The van der Waals surface area contributed by atoms with Gasteiger partial charge >= 0.3 is 0 Å². The Morgan fingerprint density at radius 2 is 2.23 bits per heavy atom. The van der Waals surface area contributed by atoms with Crippen molar-refractivity contribution in [1.82, 2.24) is 9.55 Å². The summed E-state index contributed by atoms with van der Waals surface area (Å²) in [6.07, 6.45) is 1.79. The maximum absolute atomic E-state index is 11.2. The lowest BCUT2D eigenvalue weighted by Crippen LogP contribution is -2.03. The molecule has 1 aromatic heterocycles. The molecule has 1 aliphatic rings. The second-order valence-corrected chi connectivity index (χ2v) is 5.59. The first-order valence-electron chi connectivity index (χ1n) is 4.01. The molecule has 72 valence electrons. The summed E-state index contributed by atoms with van der Waals surface area (Å²) in [6, 6.07) is 0. The van der Waals surface area contributed by atoms with Crippen molar-refractivity contribution < 1.29 is 8.42 Å². The molecule has 0 bridgehead atoms. The molecule has 13 heavy (non-hydrogen) atoms. The summed E-state index contributed by atoms with van der Waals surface area (Å²) in [5, 5.41) is 0.168. The average Bonchev–Trinajstić information content (AvgIpc) is 2.41. The molecule has 2 heterocycles. The van der Waals surface area contributed by atoms with Crippen LogP contribution in [0.1, 0.15) is 17.9 Å². The molecule has 0 N–H and O–H groups in total. The Balaban J connectivity index is 2.70. The fourth-order valence-electron chi connectivity index (χ4n) is 1.74. The molecular weight excluding hydrogens is 212 g/mol. The first-order valence-corrected chi connectivity index (χ1v) is 6.32. The molecule has 0 saturated heterocycles. The molecule has 0 radical (unpaired) electrons. The van der Waals surface area contributed by atoms with E-state index in [0.717, 1.165) is 18.7 Å². The van der Waals surface area contributed by atoms with Crippen molar-refractivity contribution in [2.45, 2.75) is 31.3 Å². The molecule has 0 unspecified atom stereocenters. The quantitative estimate of drug-likeness (QED) is 0.666. The number of hydrogen-bond acceptors (Lipinski definition) is 3. The van der Waals surface area contributed by atoms with E-state index in [0.29, 0.717) is 12.2 Å². The summed E-state index contributed by atoms with van der Waals surface area (Å²) >= 11 is 0. The van der Waals surface area contributed by atoms with Crippen LogP contribution in [0.3, 0.4) is 0 Å². The van der Waals surface area contributed by atoms with Gasteiger partial charge in [0.05, 0.1) is 5.69 Å². The van der Waals surface area contributed by atoms with E-state index in [2.05, 4.69) is 4.98 Å². The van der Waals surface area contributed by atoms with Crippen LogP contribution in [0.4, 0.5) is 0 Å². The van der Waals surface area contributed by atoms with Crippen LogP contribution in [0.25, 0.3) is 0 Å². The highest BCUT2D eigenvalue weighted by molar-refractivity contribution is 8.13. The van der Waals surface area contributed by atoms with E-state index in [9.17, 15) is 8.42 Å². The Bertz CT molecular complexity index is 449. The normalized spacial score (nSPS) is 16.2. The fourth-order valence-corrected chi connectivity index (χ4v) is 3.18. The van der Waals surface area contributed by atoms with E-state index < -0.39 is 9.05 Å². The highest BCUT2D eigenvalue weighted by atomic mass is 35.7. The summed E-state index contributed by atoms with van der Waals surface area (Å²) in [5.41, 5.74) is 0.504. The summed E-state index contributed by atoms with van der Waals surface area (Å²) in [5.74, 6) is 0.830. The van der Waals surface area contributed by atoms with Crippen LogP contribution in [0.5, 0.6) is 0 Å². The predicted molar refractivity (Wildman–Crippen MR) is 48.3 cm³/mol. The summed E-state index contributed by atoms with van der Waals surface area (Å²) in [6.45, 7) is 2.37. The fraction of sp³-hybridized carbons (Fsp3) is 0.571. The van der Waals surface area contributed by atoms with Crippen LogP contribution < -0.4 is 0 Å². The Hall–Kier alpha value is -0.550. The molecular formula is C7H9ClN2O2S. The van der Waals surface area contributed by atoms with Crippen molar-refractivity contribution in [3.8, 4) is 0 Å². The van der Waals surface area contributed by atoms with Crippen molar-refractivity contribution in [3.63, 3.8) is 0 Å². The zero-order valence-electron chi connectivity index (χ0n) is 7.12. The van der Waals surface area contributed by atoms with E-state index >= 15 is 0 Å². The number of aromatic nitrogens is 2. The lowest BCUT2D eigenvalue weighted by Gasteiger charge is -2.00. The highest BCUT2D eigenvalue weighted by Crippen LogP contribution is 2.25. The molecule has 0 spiro atoms. The van der Waals surface area contributed by atoms with Crippen LogP contribution in [-0.4, -0.2) is 18.0 Å². The second-order valence-electron chi connectivity index (χ2n) is 3.11. The van der Waals surface area contributed by atoms with E-state index in [4.69, 9.17) is 10.7 Å². The third-order valence-electron chi connectivity index (χ3n) is 2.18.